The number of amides is 1. The standard InChI is InChI=1S/C14H18Cl2N2O3/c1-2-21-13(20)7-9-17-8-6-12(19)18-14-10(15)4-3-5-11(14)16/h3-5,17H,2,6-9H2,1H3,(H,18,19). The smallest absolute Gasteiger partial charge is 0.307 e. The monoisotopic (exact) mass is 332 g/mol. The van der Waals surface area contributed by atoms with Crippen LogP contribution in [0.2, 0.25) is 10.0 Å². The van der Waals surface area contributed by atoms with Crippen molar-refractivity contribution in [1.82, 2.24) is 5.32 Å². The van der Waals surface area contributed by atoms with Gasteiger partial charge in [0.15, 0.2) is 0 Å². The van der Waals surface area contributed by atoms with Gasteiger partial charge >= 0.3 is 5.97 Å². The molecular formula is C14H18Cl2N2O3. The Morgan fingerprint density at radius 1 is 1.14 bits per heavy atom. The molecule has 2 N–H and O–H groups in total. The maximum absolute atomic E-state index is 11.8. The van der Waals surface area contributed by atoms with Crippen LogP contribution < -0.4 is 10.6 Å². The van der Waals surface area contributed by atoms with Crippen molar-refractivity contribution in [3.8, 4) is 0 Å². The first-order valence-corrected chi connectivity index (χ1v) is 7.40. The van der Waals surface area contributed by atoms with E-state index >= 15 is 0 Å². The highest BCUT2D eigenvalue weighted by Crippen LogP contribution is 2.29. The molecule has 7 heteroatoms. The third-order valence-corrected chi connectivity index (χ3v) is 3.20. The largest absolute Gasteiger partial charge is 0.466 e. The molecule has 0 heterocycles. The Kier molecular flexibility index (Phi) is 8.12. The van der Waals surface area contributed by atoms with Gasteiger partial charge in [0.2, 0.25) is 5.91 Å². The fourth-order valence-corrected chi connectivity index (χ4v) is 2.06. The van der Waals surface area contributed by atoms with E-state index in [1.54, 1.807) is 25.1 Å². The average molecular weight is 333 g/mol. The van der Waals surface area contributed by atoms with Gasteiger partial charge in [-0.15, -0.1) is 0 Å². The maximum Gasteiger partial charge on any atom is 0.307 e. The number of rotatable bonds is 8. The lowest BCUT2D eigenvalue weighted by atomic mass is 10.3. The fourth-order valence-electron chi connectivity index (χ4n) is 1.57. The molecule has 1 aromatic rings. The van der Waals surface area contributed by atoms with Crippen molar-refractivity contribution in [3.63, 3.8) is 0 Å². The van der Waals surface area contributed by atoms with Crippen molar-refractivity contribution < 1.29 is 14.3 Å². The van der Waals surface area contributed by atoms with Gasteiger partial charge in [-0.3, -0.25) is 9.59 Å². The van der Waals surface area contributed by atoms with Crippen molar-refractivity contribution in [2.24, 2.45) is 0 Å². The Balaban J connectivity index is 2.24. The Morgan fingerprint density at radius 3 is 2.38 bits per heavy atom. The van der Waals surface area contributed by atoms with Crippen molar-refractivity contribution in [2.45, 2.75) is 19.8 Å². The zero-order chi connectivity index (χ0) is 15.7. The number of ether oxygens (including phenoxy) is 1. The van der Waals surface area contributed by atoms with Gasteiger partial charge in [-0.2, -0.15) is 0 Å². The zero-order valence-corrected chi connectivity index (χ0v) is 13.3. The summed E-state index contributed by atoms with van der Waals surface area (Å²) in [6.45, 7) is 3.06. The van der Waals surface area contributed by atoms with E-state index < -0.39 is 0 Å². The molecule has 1 rings (SSSR count). The lowest BCUT2D eigenvalue weighted by Gasteiger charge is -2.09. The van der Waals surface area contributed by atoms with Crippen LogP contribution >= 0.6 is 23.2 Å². The number of benzene rings is 1. The number of carbonyl (C=O) groups is 2. The molecule has 1 aromatic carbocycles. The molecule has 0 spiro atoms. The second-order valence-electron chi connectivity index (χ2n) is 4.20. The number of hydrogen-bond acceptors (Lipinski definition) is 4. The summed E-state index contributed by atoms with van der Waals surface area (Å²) in [5.41, 5.74) is 0.414. The number of para-hydroxylation sites is 1. The normalized spacial score (nSPS) is 10.2. The summed E-state index contributed by atoms with van der Waals surface area (Å²) >= 11 is 11.9. The number of esters is 1. The second-order valence-corrected chi connectivity index (χ2v) is 5.01. The first kappa shape index (κ1) is 17.8. The highest BCUT2D eigenvalue weighted by Gasteiger charge is 2.09. The van der Waals surface area contributed by atoms with E-state index in [1.165, 1.54) is 0 Å². The summed E-state index contributed by atoms with van der Waals surface area (Å²) in [6.07, 6.45) is 0.538. The van der Waals surface area contributed by atoms with Crippen molar-refractivity contribution in [1.29, 1.82) is 0 Å². The van der Waals surface area contributed by atoms with Gasteiger partial charge in [0.25, 0.3) is 0 Å². The van der Waals surface area contributed by atoms with E-state index in [4.69, 9.17) is 27.9 Å². The Bertz CT molecular complexity index is 475. The van der Waals surface area contributed by atoms with E-state index in [-0.39, 0.29) is 24.7 Å². The Morgan fingerprint density at radius 2 is 1.76 bits per heavy atom. The molecule has 0 fully saturated rings. The molecule has 0 saturated heterocycles. The van der Waals surface area contributed by atoms with Crippen molar-refractivity contribution >= 4 is 40.8 Å². The van der Waals surface area contributed by atoms with Gasteiger partial charge in [-0.1, -0.05) is 29.3 Å². The lowest BCUT2D eigenvalue weighted by molar-refractivity contribution is -0.142. The van der Waals surface area contributed by atoms with Crippen LogP contribution in [0.1, 0.15) is 19.8 Å². The SMILES string of the molecule is CCOC(=O)CCNCCC(=O)Nc1c(Cl)cccc1Cl. The van der Waals surface area contributed by atoms with Crippen LogP contribution in [-0.2, 0) is 14.3 Å². The molecule has 0 aromatic heterocycles. The van der Waals surface area contributed by atoms with Gasteiger partial charge in [0, 0.05) is 19.5 Å². The highest BCUT2D eigenvalue weighted by molar-refractivity contribution is 6.39. The quantitative estimate of drug-likeness (QED) is 0.567. The van der Waals surface area contributed by atoms with Crippen LogP contribution in [0.25, 0.3) is 0 Å². The molecule has 0 aliphatic rings. The van der Waals surface area contributed by atoms with Crippen molar-refractivity contribution in [2.75, 3.05) is 25.0 Å². The molecule has 5 nitrogen and oxygen atoms in total. The predicted molar refractivity (Wildman–Crippen MR) is 83.8 cm³/mol. The molecular weight excluding hydrogens is 315 g/mol. The third-order valence-electron chi connectivity index (χ3n) is 2.57. The number of anilines is 1. The number of carbonyl (C=O) groups excluding carboxylic acids is 2. The highest BCUT2D eigenvalue weighted by atomic mass is 35.5. The average Bonchev–Trinajstić information content (AvgIpc) is 2.43. The van der Waals surface area contributed by atoms with Crippen LogP contribution in [-0.4, -0.2) is 31.6 Å². The van der Waals surface area contributed by atoms with Gasteiger partial charge in [-0.05, 0) is 19.1 Å². The molecule has 0 radical (unpaired) electrons. The minimum absolute atomic E-state index is 0.200. The zero-order valence-electron chi connectivity index (χ0n) is 11.7. The van der Waals surface area contributed by atoms with Crippen LogP contribution in [0.15, 0.2) is 18.2 Å². The van der Waals surface area contributed by atoms with Gasteiger partial charge in [0.1, 0.15) is 0 Å². The number of halogens is 2. The predicted octanol–water partition coefficient (Wildman–Crippen LogP) is 2.86. The molecule has 0 aliphatic heterocycles. The first-order valence-electron chi connectivity index (χ1n) is 6.64. The van der Waals surface area contributed by atoms with E-state index in [1.807, 2.05) is 0 Å². The topological polar surface area (TPSA) is 67.4 Å². The summed E-state index contributed by atoms with van der Waals surface area (Å²) in [4.78, 5) is 22.8. The summed E-state index contributed by atoms with van der Waals surface area (Å²) < 4.78 is 4.79. The second kappa shape index (κ2) is 9.60. The minimum Gasteiger partial charge on any atom is -0.466 e. The van der Waals surface area contributed by atoms with Crippen molar-refractivity contribution in [3.05, 3.63) is 28.2 Å². The molecule has 0 unspecified atom stereocenters. The molecule has 1 amide bonds. The molecule has 0 aliphatic carbocycles. The lowest BCUT2D eigenvalue weighted by Crippen LogP contribution is -2.24. The Labute approximate surface area is 133 Å². The molecule has 0 bridgehead atoms. The van der Waals surface area contributed by atoms with Crippen LogP contribution in [0.3, 0.4) is 0 Å². The summed E-state index contributed by atoms with van der Waals surface area (Å²) in [7, 11) is 0. The van der Waals surface area contributed by atoms with Gasteiger partial charge < -0.3 is 15.4 Å². The van der Waals surface area contributed by atoms with Gasteiger partial charge in [-0.25, -0.2) is 0 Å². The molecule has 116 valence electrons. The van der Waals surface area contributed by atoms with E-state index in [9.17, 15) is 9.59 Å². The molecule has 21 heavy (non-hydrogen) atoms. The number of nitrogens with one attached hydrogen (secondary N) is 2. The fraction of sp³-hybridized carbons (Fsp3) is 0.429. The first-order chi connectivity index (χ1) is 10.0. The molecule has 0 atom stereocenters. The van der Waals surface area contributed by atoms with Crippen LogP contribution in [0.5, 0.6) is 0 Å². The van der Waals surface area contributed by atoms with Crippen LogP contribution in [0, 0.1) is 0 Å². The van der Waals surface area contributed by atoms with E-state index in [0.717, 1.165) is 0 Å². The Hall–Kier alpha value is -1.30. The minimum atomic E-state index is -0.252. The van der Waals surface area contributed by atoms with E-state index in [0.29, 0.717) is 35.4 Å². The number of hydrogen-bond donors (Lipinski definition) is 2. The summed E-state index contributed by atoms with van der Waals surface area (Å²) in [6, 6.07) is 5.01. The van der Waals surface area contributed by atoms with Crippen LogP contribution in [0.4, 0.5) is 5.69 Å². The van der Waals surface area contributed by atoms with Gasteiger partial charge in [0.05, 0.1) is 28.8 Å². The van der Waals surface area contributed by atoms with E-state index in [2.05, 4.69) is 10.6 Å². The maximum atomic E-state index is 11.8. The summed E-state index contributed by atoms with van der Waals surface area (Å²) in [5, 5.41) is 6.45. The summed E-state index contributed by atoms with van der Waals surface area (Å²) in [5.74, 6) is -0.453. The molecule has 0 saturated carbocycles. The third kappa shape index (κ3) is 6.80.